The van der Waals surface area contributed by atoms with Gasteiger partial charge >= 0.3 is 0 Å². The molecule has 2 rings (SSSR count). The van der Waals surface area contributed by atoms with Crippen LogP contribution in [0, 0.1) is 11.8 Å². The third kappa shape index (κ3) is 6.94. The molecule has 20 heavy (non-hydrogen) atoms. The third-order valence-electron chi connectivity index (χ3n) is 4.75. The molecule has 1 saturated carbocycles. The van der Waals surface area contributed by atoms with Crippen LogP contribution in [0.15, 0.2) is 0 Å². The smallest absolute Gasteiger partial charge is 0.220 e. The second-order valence-electron chi connectivity index (χ2n) is 6.41. The van der Waals surface area contributed by atoms with Gasteiger partial charge in [0.1, 0.15) is 0 Å². The average molecular weight is 303 g/mol. The van der Waals surface area contributed by atoms with E-state index in [4.69, 9.17) is 0 Å². The van der Waals surface area contributed by atoms with E-state index in [1.165, 1.54) is 44.9 Å². The maximum absolute atomic E-state index is 12.0. The summed E-state index contributed by atoms with van der Waals surface area (Å²) in [6.45, 7) is 3.09. The topological polar surface area (TPSA) is 41.1 Å². The van der Waals surface area contributed by atoms with Crippen molar-refractivity contribution in [2.45, 2.75) is 64.2 Å². The number of rotatable bonds is 4. The van der Waals surface area contributed by atoms with Crippen LogP contribution in [0.1, 0.15) is 64.2 Å². The lowest BCUT2D eigenvalue weighted by molar-refractivity contribution is -0.122. The molecular formula is C16H31ClN2O. The first-order valence-electron chi connectivity index (χ1n) is 8.32. The lowest BCUT2D eigenvalue weighted by atomic mass is 9.91. The molecule has 0 aromatic rings. The number of hydrogen-bond acceptors (Lipinski definition) is 2. The highest BCUT2D eigenvalue weighted by Crippen LogP contribution is 2.22. The van der Waals surface area contributed by atoms with Crippen LogP contribution in [-0.2, 0) is 4.79 Å². The molecule has 118 valence electrons. The third-order valence-corrected chi connectivity index (χ3v) is 4.75. The van der Waals surface area contributed by atoms with Gasteiger partial charge in [-0.3, -0.25) is 4.79 Å². The Hall–Kier alpha value is -0.280. The van der Waals surface area contributed by atoms with Crippen molar-refractivity contribution in [3.63, 3.8) is 0 Å². The first kappa shape index (κ1) is 17.8. The highest BCUT2D eigenvalue weighted by Gasteiger charge is 2.18. The number of carbonyl (C=O) groups is 1. The summed E-state index contributed by atoms with van der Waals surface area (Å²) in [6.07, 6.45) is 12.6. The van der Waals surface area contributed by atoms with Gasteiger partial charge in [-0.25, -0.2) is 0 Å². The van der Waals surface area contributed by atoms with Gasteiger partial charge < -0.3 is 10.6 Å². The van der Waals surface area contributed by atoms with Crippen molar-refractivity contribution in [3.05, 3.63) is 0 Å². The molecule has 0 spiro atoms. The summed E-state index contributed by atoms with van der Waals surface area (Å²) in [7, 11) is 0. The predicted octanol–water partition coefficient (Wildman–Crippen LogP) is 3.27. The zero-order chi connectivity index (χ0) is 13.3. The molecule has 1 amide bonds. The van der Waals surface area contributed by atoms with Gasteiger partial charge in [-0.2, -0.15) is 0 Å². The fourth-order valence-corrected chi connectivity index (χ4v) is 3.42. The van der Waals surface area contributed by atoms with E-state index in [2.05, 4.69) is 10.6 Å². The summed E-state index contributed by atoms with van der Waals surface area (Å²) >= 11 is 0. The molecule has 0 aromatic carbocycles. The largest absolute Gasteiger partial charge is 0.356 e. The Balaban J connectivity index is 0.00000200. The van der Waals surface area contributed by atoms with Gasteiger partial charge in [0.25, 0.3) is 0 Å². The van der Waals surface area contributed by atoms with Crippen LogP contribution < -0.4 is 10.6 Å². The van der Waals surface area contributed by atoms with Crippen molar-refractivity contribution < 1.29 is 4.79 Å². The van der Waals surface area contributed by atoms with Gasteiger partial charge in [-0.15, -0.1) is 12.4 Å². The molecule has 0 atom stereocenters. The van der Waals surface area contributed by atoms with Crippen LogP contribution in [0.3, 0.4) is 0 Å². The first-order chi connectivity index (χ1) is 9.34. The van der Waals surface area contributed by atoms with Crippen molar-refractivity contribution in [2.75, 3.05) is 19.6 Å². The van der Waals surface area contributed by atoms with E-state index in [-0.39, 0.29) is 18.3 Å². The minimum atomic E-state index is 0. The fraction of sp³-hybridized carbons (Fsp3) is 0.938. The van der Waals surface area contributed by atoms with Crippen molar-refractivity contribution in [2.24, 2.45) is 11.8 Å². The highest BCUT2D eigenvalue weighted by atomic mass is 35.5. The van der Waals surface area contributed by atoms with Gasteiger partial charge in [0.2, 0.25) is 5.91 Å². The average Bonchev–Trinajstić information content (AvgIpc) is 2.38. The molecule has 1 saturated heterocycles. The maximum atomic E-state index is 12.0. The SMILES string of the molecule is Cl.O=C(CC1CCNCC1)NCC1CCCCCCC1. The number of hydrogen-bond donors (Lipinski definition) is 2. The lowest BCUT2D eigenvalue weighted by Gasteiger charge is -2.23. The lowest BCUT2D eigenvalue weighted by Crippen LogP contribution is -2.34. The molecule has 1 aliphatic carbocycles. The monoisotopic (exact) mass is 302 g/mol. The van der Waals surface area contributed by atoms with Gasteiger partial charge in [0, 0.05) is 13.0 Å². The normalized spacial score (nSPS) is 22.4. The molecule has 0 unspecified atom stereocenters. The summed E-state index contributed by atoms with van der Waals surface area (Å²) in [6, 6.07) is 0. The van der Waals surface area contributed by atoms with Crippen LogP contribution in [0.2, 0.25) is 0 Å². The number of amides is 1. The van der Waals surface area contributed by atoms with E-state index in [0.29, 0.717) is 5.92 Å². The molecule has 4 heteroatoms. The Labute approximate surface area is 130 Å². The number of carbonyl (C=O) groups excluding carboxylic acids is 1. The second kappa shape index (κ2) is 10.4. The van der Waals surface area contributed by atoms with Crippen LogP contribution in [0.25, 0.3) is 0 Å². The molecule has 0 aromatic heterocycles. The molecule has 1 aliphatic heterocycles. The van der Waals surface area contributed by atoms with Crippen LogP contribution in [-0.4, -0.2) is 25.5 Å². The Kier molecular flexibility index (Phi) is 9.28. The van der Waals surface area contributed by atoms with E-state index in [1.54, 1.807) is 0 Å². The van der Waals surface area contributed by atoms with Gasteiger partial charge in [0.15, 0.2) is 0 Å². The number of piperidine rings is 1. The zero-order valence-electron chi connectivity index (χ0n) is 12.7. The van der Waals surface area contributed by atoms with Crippen molar-refractivity contribution >= 4 is 18.3 Å². The summed E-state index contributed by atoms with van der Waals surface area (Å²) < 4.78 is 0. The molecular weight excluding hydrogens is 272 g/mol. The van der Waals surface area contributed by atoms with Gasteiger partial charge in [-0.1, -0.05) is 32.1 Å². The van der Waals surface area contributed by atoms with Crippen molar-refractivity contribution in [1.82, 2.24) is 10.6 Å². The van der Waals surface area contributed by atoms with Crippen LogP contribution in [0.4, 0.5) is 0 Å². The van der Waals surface area contributed by atoms with E-state index < -0.39 is 0 Å². The van der Waals surface area contributed by atoms with Crippen LogP contribution in [0.5, 0.6) is 0 Å². The molecule has 2 N–H and O–H groups in total. The Morgan fingerprint density at radius 2 is 1.50 bits per heavy atom. The standard InChI is InChI=1S/C16H30N2O.ClH/c19-16(12-14-8-10-17-11-9-14)18-13-15-6-4-2-1-3-5-7-15;/h14-15,17H,1-13H2,(H,18,19);1H. The molecule has 2 aliphatic rings. The van der Waals surface area contributed by atoms with E-state index >= 15 is 0 Å². The first-order valence-corrected chi connectivity index (χ1v) is 8.32. The highest BCUT2D eigenvalue weighted by molar-refractivity contribution is 5.85. The summed E-state index contributed by atoms with van der Waals surface area (Å²) in [5.41, 5.74) is 0. The summed E-state index contributed by atoms with van der Waals surface area (Å²) in [5, 5.41) is 6.54. The number of nitrogens with one attached hydrogen (secondary N) is 2. The van der Waals surface area contributed by atoms with Crippen LogP contribution >= 0.6 is 12.4 Å². The zero-order valence-corrected chi connectivity index (χ0v) is 13.5. The Morgan fingerprint density at radius 1 is 0.900 bits per heavy atom. The van der Waals surface area contributed by atoms with Gasteiger partial charge in [0.05, 0.1) is 0 Å². The molecule has 0 bridgehead atoms. The summed E-state index contributed by atoms with van der Waals surface area (Å²) in [4.78, 5) is 12.0. The fourth-order valence-electron chi connectivity index (χ4n) is 3.42. The van der Waals surface area contributed by atoms with Crippen molar-refractivity contribution in [3.8, 4) is 0 Å². The quantitative estimate of drug-likeness (QED) is 0.837. The minimum Gasteiger partial charge on any atom is -0.356 e. The second-order valence-corrected chi connectivity index (χ2v) is 6.41. The van der Waals surface area contributed by atoms with E-state index in [0.717, 1.165) is 44.8 Å². The summed E-state index contributed by atoms with van der Waals surface area (Å²) in [5.74, 6) is 1.63. The number of halogens is 1. The molecule has 1 heterocycles. The van der Waals surface area contributed by atoms with Crippen molar-refractivity contribution in [1.29, 1.82) is 0 Å². The maximum Gasteiger partial charge on any atom is 0.220 e. The van der Waals surface area contributed by atoms with Gasteiger partial charge in [-0.05, 0) is 50.6 Å². The van der Waals surface area contributed by atoms with E-state index in [1.807, 2.05) is 0 Å². The Bertz CT molecular complexity index is 259. The predicted molar refractivity (Wildman–Crippen MR) is 86.3 cm³/mol. The molecule has 2 fully saturated rings. The minimum absolute atomic E-state index is 0. The Morgan fingerprint density at radius 3 is 2.15 bits per heavy atom. The van der Waals surface area contributed by atoms with E-state index in [9.17, 15) is 4.79 Å². The molecule has 3 nitrogen and oxygen atoms in total. The molecule has 0 radical (unpaired) electrons.